The smallest absolute Gasteiger partial charge is 0.272 e. The lowest BCUT2D eigenvalue weighted by Gasteiger charge is -2.38. The van der Waals surface area contributed by atoms with Crippen LogP contribution in [0.5, 0.6) is 0 Å². The van der Waals surface area contributed by atoms with Crippen LogP contribution in [0.1, 0.15) is 42.6 Å². The number of hydrogen-bond acceptors (Lipinski definition) is 5. The van der Waals surface area contributed by atoms with Crippen LogP contribution in [-0.4, -0.2) is 66.9 Å². The molecule has 3 aliphatic rings. The van der Waals surface area contributed by atoms with E-state index >= 15 is 0 Å². The molecule has 1 aromatic heterocycles. The monoisotopic (exact) mass is 359 g/mol. The lowest BCUT2D eigenvalue weighted by Crippen LogP contribution is -2.55. The SMILES string of the molecule is O=C(c1ccccn1)N1CCC(N[C@@H]2COCC[C@@H]2OCC2CC2)CC1. The number of piperidine rings is 1. The first-order valence-electron chi connectivity index (χ1n) is 9.95. The van der Waals surface area contributed by atoms with Crippen LogP contribution in [0.15, 0.2) is 24.4 Å². The molecule has 1 amide bonds. The van der Waals surface area contributed by atoms with E-state index in [0.717, 1.165) is 58.1 Å². The molecular weight excluding hydrogens is 330 g/mol. The third-order valence-electron chi connectivity index (χ3n) is 5.65. The molecule has 2 saturated heterocycles. The van der Waals surface area contributed by atoms with Crippen LogP contribution < -0.4 is 5.32 Å². The Morgan fingerprint density at radius 1 is 1.23 bits per heavy atom. The highest BCUT2D eigenvalue weighted by Crippen LogP contribution is 2.30. The molecule has 142 valence electrons. The zero-order valence-corrected chi connectivity index (χ0v) is 15.3. The van der Waals surface area contributed by atoms with Crippen molar-refractivity contribution in [2.24, 2.45) is 5.92 Å². The number of amides is 1. The average Bonchev–Trinajstić information content (AvgIpc) is 3.53. The van der Waals surface area contributed by atoms with Gasteiger partial charge >= 0.3 is 0 Å². The number of aromatic nitrogens is 1. The molecule has 2 atom stereocenters. The first-order valence-corrected chi connectivity index (χ1v) is 9.95. The fraction of sp³-hybridized carbons (Fsp3) is 0.700. The van der Waals surface area contributed by atoms with E-state index in [1.165, 1.54) is 12.8 Å². The van der Waals surface area contributed by atoms with Crippen LogP contribution in [0, 0.1) is 5.92 Å². The second kappa shape index (κ2) is 8.46. The second-order valence-electron chi connectivity index (χ2n) is 7.73. The van der Waals surface area contributed by atoms with Crippen LogP contribution in [0.25, 0.3) is 0 Å². The molecule has 0 radical (unpaired) electrons. The molecule has 0 bridgehead atoms. The number of carbonyl (C=O) groups excluding carboxylic acids is 1. The summed E-state index contributed by atoms with van der Waals surface area (Å²) in [5.74, 6) is 0.829. The summed E-state index contributed by atoms with van der Waals surface area (Å²) < 4.78 is 11.8. The van der Waals surface area contributed by atoms with E-state index in [1.807, 2.05) is 17.0 Å². The molecule has 1 aromatic rings. The number of nitrogens with one attached hydrogen (secondary N) is 1. The zero-order chi connectivity index (χ0) is 17.8. The Morgan fingerprint density at radius 3 is 2.81 bits per heavy atom. The molecule has 26 heavy (non-hydrogen) atoms. The fourth-order valence-electron chi connectivity index (χ4n) is 3.82. The number of likely N-dealkylation sites (tertiary alicyclic amines) is 1. The summed E-state index contributed by atoms with van der Waals surface area (Å²) in [6, 6.07) is 6.17. The fourth-order valence-corrected chi connectivity index (χ4v) is 3.82. The van der Waals surface area contributed by atoms with Crippen molar-refractivity contribution in [3.8, 4) is 0 Å². The van der Waals surface area contributed by atoms with E-state index < -0.39 is 0 Å². The Morgan fingerprint density at radius 2 is 2.08 bits per heavy atom. The summed E-state index contributed by atoms with van der Waals surface area (Å²) in [7, 11) is 0. The number of ether oxygens (including phenoxy) is 2. The summed E-state index contributed by atoms with van der Waals surface area (Å²) >= 11 is 0. The number of nitrogens with zero attached hydrogens (tertiary/aromatic N) is 2. The molecule has 2 aliphatic heterocycles. The topological polar surface area (TPSA) is 63.7 Å². The van der Waals surface area contributed by atoms with Crippen molar-refractivity contribution < 1.29 is 14.3 Å². The van der Waals surface area contributed by atoms with Gasteiger partial charge in [0.2, 0.25) is 0 Å². The minimum absolute atomic E-state index is 0.0377. The molecule has 1 saturated carbocycles. The number of pyridine rings is 1. The Labute approximate surface area is 155 Å². The van der Waals surface area contributed by atoms with E-state index in [4.69, 9.17) is 9.47 Å². The van der Waals surface area contributed by atoms with Gasteiger partial charge in [0.1, 0.15) is 5.69 Å². The average molecular weight is 359 g/mol. The highest BCUT2D eigenvalue weighted by atomic mass is 16.5. The lowest BCUT2D eigenvalue weighted by molar-refractivity contribution is -0.0628. The van der Waals surface area contributed by atoms with Crippen molar-refractivity contribution in [3.05, 3.63) is 30.1 Å². The predicted molar refractivity (Wildman–Crippen MR) is 98.0 cm³/mol. The molecule has 0 spiro atoms. The van der Waals surface area contributed by atoms with Gasteiger partial charge in [0.05, 0.1) is 18.8 Å². The molecule has 3 heterocycles. The summed E-state index contributed by atoms with van der Waals surface area (Å²) in [4.78, 5) is 18.6. The van der Waals surface area contributed by atoms with Crippen molar-refractivity contribution in [2.45, 2.75) is 50.3 Å². The largest absolute Gasteiger partial charge is 0.380 e. The Balaban J connectivity index is 1.25. The molecule has 1 aliphatic carbocycles. The maximum atomic E-state index is 12.5. The van der Waals surface area contributed by atoms with Gasteiger partial charge in [-0.05, 0) is 50.2 Å². The van der Waals surface area contributed by atoms with Gasteiger partial charge in [-0.2, -0.15) is 0 Å². The molecule has 6 heteroatoms. The molecule has 4 rings (SSSR count). The van der Waals surface area contributed by atoms with E-state index in [9.17, 15) is 4.79 Å². The molecular formula is C20H29N3O3. The van der Waals surface area contributed by atoms with Crippen LogP contribution >= 0.6 is 0 Å². The summed E-state index contributed by atoms with van der Waals surface area (Å²) in [6.07, 6.45) is 7.48. The van der Waals surface area contributed by atoms with Crippen LogP contribution in [-0.2, 0) is 9.47 Å². The van der Waals surface area contributed by atoms with Gasteiger partial charge in [0, 0.05) is 38.5 Å². The minimum atomic E-state index is 0.0377. The third kappa shape index (κ3) is 4.61. The lowest BCUT2D eigenvalue weighted by atomic mass is 10.00. The van der Waals surface area contributed by atoms with Gasteiger partial charge in [-0.25, -0.2) is 0 Å². The van der Waals surface area contributed by atoms with Crippen LogP contribution in [0.3, 0.4) is 0 Å². The van der Waals surface area contributed by atoms with Crippen molar-refractivity contribution in [3.63, 3.8) is 0 Å². The Hall–Kier alpha value is -1.50. The second-order valence-corrected chi connectivity index (χ2v) is 7.73. The molecule has 6 nitrogen and oxygen atoms in total. The zero-order valence-electron chi connectivity index (χ0n) is 15.3. The van der Waals surface area contributed by atoms with Crippen LogP contribution in [0.2, 0.25) is 0 Å². The number of rotatable bonds is 6. The number of carbonyl (C=O) groups is 1. The molecule has 1 N–H and O–H groups in total. The summed E-state index contributed by atoms with van der Waals surface area (Å²) in [5, 5.41) is 3.75. The van der Waals surface area contributed by atoms with E-state index in [1.54, 1.807) is 12.3 Å². The quantitative estimate of drug-likeness (QED) is 0.840. The minimum Gasteiger partial charge on any atom is -0.380 e. The van der Waals surface area contributed by atoms with Crippen molar-refractivity contribution in [2.75, 3.05) is 32.9 Å². The van der Waals surface area contributed by atoms with Gasteiger partial charge < -0.3 is 19.7 Å². The van der Waals surface area contributed by atoms with E-state index in [-0.39, 0.29) is 18.1 Å². The standard InChI is InChI=1S/C20H29N3O3/c24-20(17-3-1-2-9-21-17)23-10-6-16(7-11-23)22-18-14-25-12-8-19(18)26-13-15-4-5-15/h1-3,9,15-16,18-19,22H,4-8,10-14H2/t18-,19+/m1/s1. The van der Waals surface area contributed by atoms with Crippen molar-refractivity contribution >= 4 is 5.91 Å². The first kappa shape index (κ1) is 17.9. The van der Waals surface area contributed by atoms with Gasteiger partial charge in [0.25, 0.3) is 5.91 Å². The van der Waals surface area contributed by atoms with Crippen molar-refractivity contribution in [1.29, 1.82) is 0 Å². The first-order chi connectivity index (χ1) is 12.8. The van der Waals surface area contributed by atoms with Gasteiger partial charge in [-0.3, -0.25) is 9.78 Å². The van der Waals surface area contributed by atoms with Crippen molar-refractivity contribution in [1.82, 2.24) is 15.2 Å². The summed E-state index contributed by atoms with van der Waals surface area (Å²) in [6.45, 7) is 3.97. The van der Waals surface area contributed by atoms with E-state index in [0.29, 0.717) is 11.7 Å². The normalized spacial score (nSPS) is 27.5. The van der Waals surface area contributed by atoms with E-state index in [2.05, 4.69) is 10.3 Å². The molecule has 0 unspecified atom stereocenters. The Kier molecular flexibility index (Phi) is 5.82. The predicted octanol–water partition coefficient (Wildman–Crippen LogP) is 1.86. The summed E-state index contributed by atoms with van der Waals surface area (Å²) in [5.41, 5.74) is 0.535. The molecule has 0 aromatic carbocycles. The van der Waals surface area contributed by atoms with Crippen LogP contribution in [0.4, 0.5) is 0 Å². The third-order valence-corrected chi connectivity index (χ3v) is 5.65. The maximum Gasteiger partial charge on any atom is 0.272 e. The van der Waals surface area contributed by atoms with Gasteiger partial charge in [-0.1, -0.05) is 6.07 Å². The highest BCUT2D eigenvalue weighted by molar-refractivity contribution is 5.92. The Bertz CT molecular complexity index is 585. The molecule has 3 fully saturated rings. The number of hydrogen-bond donors (Lipinski definition) is 1. The maximum absolute atomic E-state index is 12.5. The van der Waals surface area contributed by atoms with Gasteiger partial charge in [-0.15, -0.1) is 0 Å². The van der Waals surface area contributed by atoms with Gasteiger partial charge in [0.15, 0.2) is 0 Å². The highest BCUT2D eigenvalue weighted by Gasteiger charge is 2.32.